The number of hydrogen-bond acceptors (Lipinski definition) is 5. The molecule has 1 unspecified atom stereocenters. The first-order valence-corrected chi connectivity index (χ1v) is 9.29. The topological polar surface area (TPSA) is 59.4 Å². The molecule has 1 N–H and O–H groups in total. The molecular formula is C19H17Cl2NO3S. The summed E-state index contributed by atoms with van der Waals surface area (Å²) < 4.78 is 11.2. The third-order valence-electron chi connectivity index (χ3n) is 3.41. The number of alkyl halides is 1. The van der Waals surface area contributed by atoms with Gasteiger partial charge < -0.3 is 14.9 Å². The number of halogens is 2. The van der Waals surface area contributed by atoms with Crippen LogP contribution in [0.15, 0.2) is 58.0 Å². The summed E-state index contributed by atoms with van der Waals surface area (Å²) in [7, 11) is 1.54. The van der Waals surface area contributed by atoms with Crippen LogP contribution in [0.1, 0.15) is 5.56 Å². The van der Waals surface area contributed by atoms with Crippen molar-refractivity contribution in [1.82, 2.24) is 0 Å². The maximum atomic E-state index is 11.0. The smallest absolute Gasteiger partial charge is 0.161 e. The molecular weight excluding hydrogens is 393 g/mol. The van der Waals surface area contributed by atoms with Crippen molar-refractivity contribution >= 4 is 52.9 Å². The Morgan fingerprint density at radius 1 is 1.31 bits per heavy atom. The van der Waals surface area contributed by atoms with Crippen LogP contribution in [0.5, 0.6) is 11.5 Å². The number of carbonyl (C=O) groups excluding carboxylic acids is 1. The van der Waals surface area contributed by atoms with Crippen LogP contribution < -0.4 is 9.47 Å². The maximum Gasteiger partial charge on any atom is 0.161 e. The van der Waals surface area contributed by atoms with Gasteiger partial charge in [-0.15, -0.1) is 11.6 Å². The molecule has 7 heteroatoms. The molecule has 0 saturated heterocycles. The Bertz CT molecular complexity index is 800. The Labute approximate surface area is 166 Å². The summed E-state index contributed by atoms with van der Waals surface area (Å²) in [4.78, 5) is 11.4. The fourth-order valence-electron chi connectivity index (χ4n) is 2.13. The van der Waals surface area contributed by atoms with Crippen LogP contribution in [0.2, 0.25) is 0 Å². The summed E-state index contributed by atoms with van der Waals surface area (Å²) >= 11 is 13.3. The summed E-state index contributed by atoms with van der Waals surface area (Å²) in [5.74, 6) is 1.09. The van der Waals surface area contributed by atoms with Crippen molar-refractivity contribution in [3.05, 3.63) is 63.6 Å². The number of methoxy groups -OCH3 is 1. The number of benzene rings is 1. The molecule has 1 aliphatic carbocycles. The minimum atomic E-state index is -0.201. The van der Waals surface area contributed by atoms with Gasteiger partial charge in [-0.3, -0.25) is 4.79 Å². The Morgan fingerprint density at radius 2 is 2.08 bits per heavy atom. The molecule has 0 spiro atoms. The molecule has 0 aromatic heterocycles. The van der Waals surface area contributed by atoms with Crippen molar-refractivity contribution in [3.8, 4) is 11.5 Å². The predicted molar refractivity (Wildman–Crippen MR) is 110 cm³/mol. The molecule has 2 rings (SSSR count). The number of allylic oxidation sites excluding steroid dienone is 5. The first-order chi connectivity index (χ1) is 12.6. The average Bonchev–Trinajstić information content (AvgIpc) is 2.81. The van der Waals surface area contributed by atoms with Crippen LogP contribution in [-0.2, 0) is 4.79 Å². The van der Waals surface area contributed by atoms with E-state index >= 15 is 0 Å². The average molecular weight is 410 g/mol. The van der Waals surface area contributed by atoms with Crippen LogP contribution in [0.4, 0.5) is 0 Å². The van der Waals surface area contributed by atoms with E-state index in [9.17, 15) is 4.79 Å². The molecule has 0 saturated carbocycles. The molecule has 1 atom stereocenters. The second-order valence-corrected chi connectivity index (χ2v) is 6.99. The number of hydrogen-bond donors (Lipinski definition) is 1. The zero-order chi connectivity index (χ0) is 18.9. The van der Waals surface area contributed by atoms with Crippen LogP contribution in [0.3, 0.4) is 0 Å². The number of thioether (sulfide) groups is 1. The fourth-order valence-corrected chi connectivity index (χ4v) is 2.86. The van der Waals surface area contributed by atoms with E-state index in [1.54, 1.807) is 43.5 Å². The van der Waals surface area contributed by atoms with E-state index in [0.29, 0.717) is 27.7 Å². The zero-order valence-electron chi connectivity index (χ0n) is 13.9. The van der Waals surface area contributed by atoms with Crippen LogP contribution >= 0.6 is 35.0 Å². The largest absolute Gasteiger partial charge is 0.493 e. The lowest BCUT2D eigenvalue weighted by atomic mass is 10.2. The van der Waals surface area contributed by atoms with E-state index in [1.807, 2.05) is 12.2 Å². The highest BCUT2D eigenvalue weighted by Crippen LogP contribution is 2.30. The highest BCUT2D eigenvalue weighted by atomic mass is 35.5. The zero-order valence-corrected chi connectivity index (χ0v) is 16.3. The third kappa shape index (κ3) is 5.80. The summed E-state index contributed by atoms with van der Waals surface area (Å²) in [5, 5.41) is 7.44. The Balaban J connectivity index is 2.18. The van der Waals surface area contributed by atoms with Gasteiger partial charge in [0.15, 0.2) is 17.8 Å². The molecule has 4 nitrogen and oxygen atoms in total. The lowest BCUT2D eigenvalue weighted by Crippen LogP contribution is -2.02. The summed E-state index contributed by atoms with van der Waals surface area (Å²) in [6.45, 7) is 0.262. The molecule has 26 heavy (non-hydrogen) atoms. The van der Waals surface area contributed by atoms with Crippen molar-refractivity contribution in [2.75, 3.05) is 13.7 Å². The van der Waals surface area contributed by atoms with Crippen LogP contribution in [0, 0.1) is 5.41 Å². The van der Waals surface area contributed by atoms with E-state index < -0.39 is 0 Å². The quantitative estimate of drug-likeness (QED) is 0.211. The summed E-state index contributed by atoms with van der Waals surface area (Å²) in [6.07, 6.45) is 9.61. The van der Waals surface area contributed by atoms with Crippen LogP contribution in [-0.4, -0.2) is 30.9 Å². The number of aldehydes is 1. The van der Waals surface area contributed by atoms with Crippen molar-refractivity contribution in [3.63, 3.8) is 0 Å². The van der Waals surface area contributed by atoms with E-state index in [0.717, 1.165) is 28.4 Å². The molecule has 1 aliphatic rings. The molecule has 1 aromatic carbocycles. The highest BCUT2D eigenvalue weighted by molar-refractivity contribution is 8.16. The Hall–Kier alpha value is -1.95. The van der Waals surface area contributed by atoms with E-state index in [2.05, 4.69) is 0 Å². The van der Waals surface area contributed by atoms with Crippen molar-refractivity contribution in [2.45, 2.75) is 5.38 Å². The van der Waals surface area contributed by atoms with Gasteiger partial charge in [0.2, 0.25) is 0 Å². The van der Waals surface area contributed by atoms with Crippen LogP contribution in [0.25, 0.3) is 6.08 Å². The van der Waals surface area contributed by atoms with Gasteiger partial charge in [-0.2, -0.15) is 0 Å². The monoisotopic (exact) mass is 409 g/mol. The van der Waals surface area contributed by atoms with Gasteiger partial charge in [0.1, 0.15) is 6.61 Å². The minimum Gasteiger partial charge on any atom is -0.493 e. The van der Waals surface area contributed by atoms with E-state index in [1.165, 1.54) is 0 Å². The maximum absolute atomic E-state index is 11.0. The first kappa shape index (κ1) is 20.4. The predicted octanol–water partition coefficient (Wildman–Crippen LogP) is 5.18. The number of nitrogens with one attached hydrogen (secondary N) is 1. The van der Waals surface area contributed by atoms with Gasteiger partial charge in [0, 0.05) is 10.6 Å². The Kier molecular flexibility index (Phi) is 8.04. The molecule has 0 radical (unpaired) electrons. The van der Waals surface area contributed by atoms with Gasteiger partial charge in [0.25, 0.3) is 0 Å². The van der Waals surface area contributed by atoms with Crippen molar-refractivity contribution in [2.24, 2.45) is 0 Å². The Morgan fingerprint density at radius 3 is 2.77 bits per heavy atom. The third-order valence-corrected chi connectivity index (χ3v) is 4.67. The molecule has 1 aromatic rings. The minimum absolute atomic E-state index is 0.201. The van der Waals surface area contributed by atoms with Gasteiger partial charge in [0.05, 0.1) is 22.9 Å². The number of carbonyl (C=O) groups is 1. The highest BCUT2D eigenvalue weighted by Gasteiger charge is 2.10. The van der Waals surface area contributed by atoms with Crippen molar-refractivity contribution < 1.29 is 14.3 Å². The number of ether oxygens (including phenoxy) is 2. The van der Waals surface area contributed by atoms with Crippen molar-refractivity contribution in [1.29, 1.82) is 5.41 Å². The van der Waals surface area contributed by atoms with Gasteiger partial charge in [-0.05, 0) is 29.8 Å². The van der Waals surface area contributed by atoms with E-state index in [4.69, 9.17) is 38.1 Å². The lowest BCUT2D eigenvalue weighted by Gasteiger charge is -2.12. The fraction of sp³-hybridized carbons (Fsp3) is 0.158. The molecule has 136 valence electrons. The number of rotatable bonds is 8. The molecule has 0 bridgehead atoms. The van der Waals surface area contributed by atoms with Gasteiger partial charge in [-0.1, -0.05) is 47.7 Å². The second-order valence-electron chi connectivity index (χ2n) is 5.14. The second kappa shape index (κ2) is 10.3. The van der Waals surface area contributed by atoms with Gasteiger partial charge in [-0.25, -0.2) is 0 Å². The van der Waals surface area contributed by atoms with E-state index in [-0.39, 0.29) is 12.0 Å². The lowest BCUT2D eigenvalue weighted by molar-refractivity contribution is -0.104. The summed E-state index contributed by atoms with van der Waals surface area (Å²) in [6, 6.07) is 5.33. The standard InChI is InChI=1S/C19H17Cl2NO3S/c1-24-19-9-13(8-16(10-23)26-12-22)2-7-18(19)25-11-14-3-4-15(20)5-6-17(14)21/h2-10,12,15,22H,11H2,1H3/b16-8-,22-12?. The normalized spacial score (nSPS) is 17.0. The molecule has 0 aliphatic heterocycles. The molecule has 0 heterocycles. The molecule has 0 amide bonds. The SMILES string of the molecule is COc1cc(/C=C(/C=O)SC=N)ccc1OCC1=C(Cl)C=CC(Cl)C=C1. The summed E-state index contributed by atoms with van der Waals surface area (Å²) in [5.41, 5.74) is 2.68. The van der Waals surface area contributed by atoms with Gasteiger partial charge >= 0.3 is 0 Å². The first-order valence-electron chi connectivity index (χ1n) is 7.59. The molecule has 0 fully saturated rings.